The van der Waals surface area contributed by atoms with E-state index < -0.39 is 0 Å². The summed E-state index contributed by atoms with van der Waals surface area (Å²) in [4.78, 5) is 14.7. The number of amides is 2. The highest BCUT2D eigenvalue weighted by atomic mass is 16.5. The topological polar surface area (TPSA) is 79.6 Å². The quantitative estimate of drug-likeness (QED) is 0.815. The Bertz CT molecular complexity index is 727. The van der Waals surface area contributed by atoms with Gasteiger partial charge in [-0.3, -0.25) is 4.90 Å². The van der Waals surface area contributed by atoms with E-state index in [4.69, 9.17) is 9.26 Å². The monoisotopic (exact) mass is 372 g/mol. The summed E-state index contributed by atoms with van der Waals surface area (Å²) in [6, 6.07) is 10.2. The number of urea groups is 1. The molecule has 0 unspecified atom stereocenters. The van der Waals surface area contributed by atoms with E-state index in [9.17, 15) is 4.79 Å². The Morgan fingerprint density at radius 1 is 1.26 bits per heavy atom. The number of likely N-dealkylation sites (N-methyl/N-ethyl adjacent to an activating group) is 1. The molecule has 0 radical (unpaired) electrons. The minimum atomic E-state index is -0.223. The Kier molecular flexibility index (Phi) is 6.47. The van der Waals surface area contributed by atoms with E-state index in [2.05, 4.69) is 39.7 Å². The summed E-state index contributed by atoms with van der Waals surface area (Å²) >= 11 is 0. The van der Waals surface area contributed by atoms with Crippen LogP contribution in [0.4, 0.5) is 4.79 Å². The van der Waals surface area contributed by atoms with Crippen LogP contribution in [0.2, 0.25) is 0 Å². The average molecular weight is 372 g/mol. The molecule has 2 amide bonds. The van der Waals surface area contributed by atoms with Gasteiger partial charge in [-0.2, -0.15) is 0 Å². The first kappa shape index (κ1) is 19.4. The van der Waals surface area contributed by atoms with E-state index in [1.807, 2.05) is 32.0 Å². The number of hydrogen-bond donors (Lipinski definition) is 2. The number of carbonyl (C=O) groups is 1. The van der Waals surface area contributed by atoms with Crippen LogP contribution in [0, 0.1) is 13.8 Å². The molecule has 27 heavy (non-hydrogen) atoms. The molecule has 0 aliphatic carbocycles. The van der Waals surface area contributed by atoms with Crippen molar-refractivity contribution in [3.8, 4) is 0 Å². The molecule has 2 N–H and O–H groups in total. The van der Waals surface area contributed by atoms with Gasteiger partial charge in [0.25, 0.3) is 0 Å². The lowest BCUT2D eigenvalue weighted by Crippen LogP contribution is -2.50. The minimum absolute atomic E-state index is 0.0917. The van der Waals surface area contributed by atoms with Crippen molar-refractivity contribution in [2.24, 2.45) is 0 Å². The molecule has 2 atom stereocenters. The minimum Gasteiger partial charge on any atom is -0.373 e. The maximum Gasteiger partial charge on any atom is 0.315 e. The van der Waals surface area contributed by atoms with Gasteiger partial charge in [-0.25, -0.2) is 4.79 Å². The summed E-state index contributed by atoms with van der Waals surface area (Å²) in [5, 5.41) is 9.71. The van der Waals surface area contributed by atoms with E-state index in [0.717, 1.165) is 30.1 Å². The third kappa shape index (κ3) is 4.67. The van der Waals surface area contributed by atoms with Crippen molar-refractivity contribution in [1.29, 1.82) is 0 Å². The zero-order chi connectivity index (χ0) is 19.2. The summed E-state index contributed by atoms with van der Waals surface area (Å²) in [7, 11) is 0. The van der Waals surface area contributed by atoms with Crippen LogP contribution in [0.3, 0.4) is 0 Å². The molecule has 2 heterocycles. The van der Waals surface area contributed by atoms with Crippen LogP contribution in [0.5, 0.6) is 0 Å². The Morgan fingerprint density at radius 3 is 2.70 bits per heavy atom. The average Bonchev–Trinajstić information content (AvgIpc) is 3.02. The van der Waals surface area contributed by atoms with E-state index in [0.29, 0.717) is 19.7 Å². The smallest absolute Gasteiger partial charge is 0.315 e. The number of morpholine rings is 1. The van der Waals surface area contributed by atoms with Crippen molar-refractivity contribution < 1.29 is 14.1 Å². The fourth-order valence-corrected chi connectivity index (χ4v) is 3.57. The molecular formula is C20H28N4O3. The predicted octanol–water partition coefficient (Wildman–Crippen LogP) is 2.55. The molecule has 2 aromatic rings. The van der Waals surface area contributed by atoms with Crippen molar-refractivity contribution in [1.82, 2.24) is 20.7 Å². The zero-order valence-electron chi connectivity index (χ0n) is 16.2. The van der Waals surface area contributed by atoms with Gasteiger partial charge in [0.15, 0.2) is 0 Å². The molecule has 7 heteroatoms. The number of ether oxygens (including phenoxy) is 1. The van der Waals surface area contributed by atoms with Crippen molar-refractivity contribution in [2.45, 2.75) is 39.5 Å². The lowest BCUT2D eigenvalue weighted by molar-refractivity contribution is -0.0681. The summed E-state index contributed by atoms with van der Waals surface area (Å²) in [6.45, 7) is 9.21. The molecule has 146 valence electrons. The summed E-state index contributed by atoms with van der Waals surface area (Å²) in [6.07, 6.45) is -0.0917. The van der Waals surface area contributed by atoms with Gasteiger partial charge in [0.2, 0.25) is 0 Å². The number of benzene rings is 1. The van der Waals surface area contributed by atoms with Crippen molar-refractivity contribution in [3.05, 3.63) is 52.9 Å². The third-order valence-corrected chi connectivity index (χ3v) is 5.07. The molecule has 1 aromatic carbocycles. The first-order valence-electron chi connectivity index (χ1n) is 9.44. The van der Waals surface area contributed by atoms with Crippen LogP contribution in [0.15, 0.2) is 34.9 Å². The van der Waals surface area contributed by atoms with Crippen molar-refractivity contribution in [3.63, 3.8) is 0 Å². The Balaban J connectivity index is 1.58. The van der Waals surface area contributed by atoms with E-state index in [-0.39, 0.29) is 18.2 Å². The van der Waals surface area contributed by atoms with Gasteiger partial charge in [0, 0.05) is 25.2 Å². The highest BCUT2D eigenvalue weighted by Gasteiger charge is 2.32. The van der Waals surface area contributed by atoms with Gasteiger partial charge in [-0.15, -0.1) is 0 Å². The van der Waals surface area contributed by atoms with E-state index >= 15 is 0 Å². The molecule has 1 aromatic heterocycles. The van der Waals surface area contributed by atoms with Crippen LogP contribution in [-0.4, -0.2) is 48.4 Å². The molecule has 0 saturated carbocycles. The first-order chi connectivity index (χ1) is 13.1. The summed E-state index contributed by atoms with van der Waals surface area (Å²) in [5.41, 5.74) is 2.92. The van der Waals surface area contributed by atoms with Gasteiger partial charge in [0.1, 0.15) is 5.76 Å². The second kappa shape index (κ2) is 9.01. The molecular weight excluding hydrogens is 344 g/mol. The van der Waals surface area contributed by atoms with Crippen LogP contribution in [-0.2, 0) is 11.3 Å². The van der Waals surface area contributed by atoms with E-state index in [1.165, 1.54) is 5.56 Å². The molecule has 1 aliphatic rings. The third-order valence-electron chi connectivity index (χ3n) is 5.07. The van der Waals surface area contributed by atoms with Crippen LogP contribution >= 0.6 is 0 Å². The Morgan fingerprint density at radius 2 is 2.04 bits per heavy atom. The molecule has 1 saturated heterocycles. The normalized spacial score (nSPS) is 20.4. The van der Waals surface area contributed by atoms with Gasteiger partial charge in [-0.05, 0) is 26.0 Å². The molecule has 0 spiro atoms. The Hall–Kier alpha value is -2.38. The highest BCUT2D eigenvalue weighted by Crippen LogP contribution is 2.29. The number of hydrogen-bond acceptors (Lipinski definition) is 5. The number of carbonyl (C=O) groups excluding carboxylic acids is 1. The lowest BCUT2D eigenvalue weighted by Gasteiger charge is -2.41. The fraction of sp³-hybridized carbons (Fsp3) is 0.500. The maximum atomic E-state index is 12.3. The maximum absolute atomic E-state index is 12.3. The van der Waals surface area contributed by atoms with Crippen LogP contribution < -0.4 is 10.6 Å². The van der Waals surface area contributed by atoms with Gasteiger partial charge < -0.3 is 19.9 Å². The number of aryl methyl sites for hydroxylation is 2. The highest BCUT2D eigenvalue weighted by molar-refractivity contribution is 5.73. The first-order valence-corrected chi connectivity index (χ1v) is 9.44. The predicted molar refractivity (Wildman–Crippen MR) is 102 cm³/mol. The van der Waals surface area contributed by atoms with Crippen LogP contribution in [0.25, 0.3) is 0 Å². The summed E-state index contributed by atoms with van der Waals surface area (Å²) < 4.78 is 11.1. The Labute approximate surface area is 160 Å². The molecule has 3 rings (SSSR count). The van der Waals surface area contributed by atoms with Gasteiger partial charge >= 0.3 is 6.03 Å². The largest absolute Gasteiger partial charge is 0.373 e. The number of nitrogens with zero attached hydrogens (tertiary/aromatic N) is 2. The molecule has 1 aliphatic heterocycles. The number of aromatic nitrogens is 1. The lowest BCUT2D eigenvalue weighted by atomic mass is 9.98. The van der Waals surface area contributed by atoms with Gasteiger partial charge in [0.05, 0.1) is 24.4 Å². The fourth-order valence-electron chi connectivity index (χ4n) is 3.57. The second-order valence-corrected chi connectivity index (χ2v) is 6.76. The van der Waals surface area contributed by atoms with E-state index in [1.54, 1.807) is 0 Å². The zero-order valence-corrected chi connectivity index (χ0v) is 16.2. The number of nitrogens with one attached hydrogen (secondary N) is 2. The molecule has 0 bridgehead atoms. The second-order valence-electron chi connectivity index (χ2n) is 6.76. The van der Waals surface area contributed by atoms with Crippen LogP contribution in [0.1, 0.15) is 35.5 Å². The van der Waals surface area contributed by atoms with Crippen molar-refractivity contribution >= 4 is 6.03 Å². The van der Waals surface area contributed by atoms with Gasteiger partial charge in [-0.1, -0.05) is 42.4 Å². The van der Waals surface area contributed by atoms with Crippen molar-refractivity contribution in [2.75, 3.05) is 26.2 Å². The summed E-state index contributed by atoms with van der Waals surface area (Å²) in [5.74, 6) is 0.728. The molecule has 1 fully saturated rings. The number of rotatable bonds is 6. The SMILES string of the molecule is CCN1CCO[C@@H](CNC(=O)NCc2c(C)noc2C)[C@@H]1c1ccccc1. The standard InChI is InChI=1S/C20H28N4O3/c1-4-24-10-11-26-18(19(24)16-8-6-5-7-9-16)13-22-20(25)21-12-17-14(2)23-27-15(17)3/h5-9,18-19H,4,10-13H2,1-3H3,(H2,21,22,25)/t18-,19-/m0/s1. The molecule has 7 nitrogen and oxygen atoms in total.